The van der Waals surface area contributed by atoms with Gasteiger partial charge >= 0.3 is 12.2 Å². The number of rotatable bonds is 5. The SMILES string of the molecule is C[C@H](N(Cc1ccc(F)cc1)C(=O)CN1C(=O)N[C@@]2(C[C@H](F)c3ccccc32)C1=O)C(F)(F)F. The maximum absolute atomic E-state index is 14.6. The van der Waals surface area contributed by atoms with Gasteiger partial charge in [0.1, 0.15) is 30.1 Å². The number of nitrogens with zero attached hydrogens (tertiary/aromatic N) is 2. The molecule has 3 atom stereocenters. The number of amides is 4. The van der Waals surface area contributed by atoms with Crippen molar-refractivity contribution >= 4 is 17.8 Å². The fourth-order valence-electron chi connectivity index (χ4n) is 4.37. The van der Waals surface area contributed by atoms with Gasteiger partial charge < -0.3 is 10.2 Å². The second-order valence-electron chi connectivity index (χ2n) is 8.35. The van der Waals surface area contributed by atoms with Crippen LogP contribution in [0.25, 0.3) is 0 Å². The molecule has 1 aliphatic carbocycles. The molecule has 11 heteroatoms. The van der Waals surface area contributed by atoms with E-state index in [2.05, 4.69) is 5.32 Å². The van der Waals surface area contributed by atoms with Crippen LogP contribution in [0.2, 0.25) is 0 Å². The Balaban J connectivity index is 1.60. The Morgan fingerprint density at radius 1 is 1.18 bits per heavy atom. The standard InChI is InChI=1S/C23H20F5N3O3/c1-13(23(26,27)28)30(11-14-6-8-15(24)9-7-14)19(32)12-31-20(33)22(29-21(31)34)10-18(25)16-4-2-3-5-17(16)22/h2-9,13,18H,10-12H2,1H3,(H,29,34)/t13-,18-,22+/m0/s1. The summed E-state index contributed by atoms with van der Waals surface area (Å²) in [5.41, 5.74) is -1.01. The van der Waals surface area contributed by atoms with Gasteiger partial charge in [0.25, 0.3) is 5.91 Å². The Labute approximate surface area is 191 Å². The minimum Gasteiger partial charge on any atom is -0.325 e. The average molecular weight is 481 g/mol. The van der Waals surface area contributed by atoms with Crippen molar-refractivity contribution in [2.24, 2.45) is 0 Å². The van der Waals surface area contributed by atoms with Crippen molar-refractivity contribution in [1.29, 1.82) is 0 Å². The number of imide groups is 1. The van der Waals surface area contributed by atoms with Gasteiger partial charge in [0.15, 0.2) is 0 Å². The summed E-state index contributed by atoms with van der Waals surface area (Å²) in [6.45, 7) is -0.715. The lowest BCUT2D eigenvalue weighted by molar-refractivity contribution is -0.187. The van der Waals surface area contributed by atoms with E-state index < -0.39 is 60.7 Å². The first kappa shape index (κ1) is 23.7. The van der Waals surface area contributed by atoms with Gasteiger partial charge in [-0.05, 0) is 35.7 Å². The monoisotopic (exact) mass is 481 g/mol. The van der Waals surface area contributed by atoms with Crippen molar-refractivity contribution in [3.05, 3.63) is 71.0 Å². The zero-order valence-corrected chi connectivity index (χ0v) is 17.9. The van der Waals surface area contributed by atoms with Gasteiger partial charge in [-0.3, -0.25) is 14.5 Å². The normalized spacial score (nSPS) is 22.6. The lowest BCUT2D eigenvalue weighted by atomic mass is 9.92. The number of carbonyl (C=O) groups is 3. The molecule has 1 saturated heterocycles. The molecule has 2 aromatic carbocycles. The number of nitrogens with one attached hydrogen (secondary N) is 1. The summed E-state index contributed by atoms with van der Waals surface area (Å²) in [6.07, 6.45) is -6.70. The summed E-state index contributed by atoms with van der Waals surface area (Å²) in [6, 6.07) is 7.44. The van der Waals surface area contributed by atoms with Gasteiger partial charge in [0, 0.05) is 13.0 Å². The molecule has 6 nitrogen and oxygen atoms in total. The molecule has 4 rings (SSSR count). The van der Waals surface area contributed by atoms with Crippen LogP contribution in [-0.4, -0.2) is 46.4 Å². The van der Waals surface area contributed by atoms with Gasteiger partial charge in [0.2, 0.25) is 5.91 Å². The fraction of sp³-hybridized carbons (Fsp3) is 0.348. The molecule has 2 aliphatic rings. The summed E-state index contributed by atoms with van der Waals surface area (Å²) in [5, 5.41) is 2.44. The third-order valence-electron chi connectivity index (χ3n) is 6.24. The van der Waals surface area contributed by atoms with Gasteiger partial charge in [-0.15, -0.1) is 0 Å². The Kier molecular flexibility index (Phi) is 5.82. The van der Waals surface area contributed by atoms with Crippen molar-refractivity contribution in [2.45, 2.75) is 43.8 Å². The number of benzene rings is 2. The molecular weight excluding hydrogens is 461 g/mol. The van der Waals surface area contributed by atoms with Gasteiger partial charge in [-0.2, -0.15) is 13.2 Å². The summed E-state index contributed by atoms with van der Waals surface area (Å²) in [5.74, 6) is -2.64. The molecular formula is C23H20F5N3O3. The Morgan fingerprint density at radius 2 is 1.82 bits per heavy atom. The highest BCUT2D eigenvalue weighted by Gasteiger charge is 2.58. The van der Waals surface area contributed by atoms with E-state index in [0.29, 0.717) is 9.80 Å². The summed E-state index contributed by atoms with van der Waals surface area (Å²) in [7, 11) is 0. The van der Waals surface area contributed by atoms with E-state index in [4.69, 9.17) is 0 Å². The molecule has 0 unspecified atom stereocenters. The zero-order chi connectivity index (χ0) is 24.8. The molecule has 0 aromatic heterocycles. The molecule has 2 aromatic rings. The van der Waals surface area contributed by atoms with Crippen LogP contribution in [0.1, 0.15) is 36.2 Å². The topological polar surface area (TPSA) is 69.7 Å². The average Bonchev–Trinajstić information content (AvgIpc) is 3.20. The third kappa shape index (κ3) is 3.99. The van der Waals surface area contributed by atoms with Crippen LogP contribution in [-0.2, 0) is 21.7 Å². The van der Waals surface area contributed by atoms with Crippen LogP contribution in [0.5, 0.6) is 0 Å². The highest BCUT2D eigenvalue weighted by atomic mass is 19.4. The molecule has 1 N–H and O–H groups in total. The van der Waals surface area contributed by atoms with E-state index in [1.807, 2.05) is 0 Å². The molecule has 34 heavy (non-hydrogen) atoms. The van der Waals surface area contributed by atoms with Crippen molar-refractivity contribution in [2.75, 3.05) is 6.54 Å². The van der Waals surface area contributed by atoms with Crippen molar-refractivity contribution < 1.29 is 36.3 Å². The van der Waals surface area contributed by atoms with Crippen LogP contribution in [0, 0.1) is 5.82 Å². The molecule has 0 saturated carbocycles. The van der Waals surface area contributed by atoms with Crippen molar-refractivity contribution in [3.63, 3.8) is 0 Å². The lowest BCUT2D eigenvalue weighted by Crippen LogP contribution is -2.51. The number of fused-ring (bicyclic) bond motifs is 2. The molecule has 1 heterocycles. The van der Waals surface area contributed by atoms with Crippen LogP contribution in [0.15, 0.2) is 48.5 Å². The fourth-order valence-corrected chi connectivity index (χ4v) is 4.37. The quantitative estimate of drug-likeness (QED) is 0.519. The number of halogens is 5. The minimum absolute atomic E-state index is 0.226. The van der Waals surface area contributed by atoms with E-state index in [1.165, 1.54) is 24.3 Å². The maximum atomic E-state index is 14.6. The molecule has 180 valence electrons. The number of urea groups is 1. The van der Waals surface area contributed by atoms with Gasteiger partial charge in [-0.25, -0.2) is 13.6 Å². The van der Waals surface area contributed by atoms with Gasteiger partial charge in [-0.1, -0.05) is 36.4 Å². The van der Waals surface area contributed by atoms with Crippen LogP contribution in [0.4, 0.5) is 26.7 Å². The highest BCUT2D eigenvalue weighted by molar-refractivity contribution is 6.10. The van der Waals surface area contributed by atoms with Gasteiger partial charge in [0.05, 0.1) is 0 Å². The largest absolute Gasteiger partial charge is 0.408 e. The highest BCUT2D eigenvalue weighted by Crippen LogP contribution is 2.48. The van der Waals surface area contributed by atoms with E-state index in [1.54, 1.807) is 12.1 Å². The second-order valence-corrected chi connectivity index (χ2v) is 8.35. The first-order chi connectivity index (χ1) is 15.9. The number of hydrogen-bond donors (Lipinski definition) is 1. The second kappa shape index (κ2) is 8.37. The van der Waals surface area contributed by atoms with E-state index in [0.717, 1.165) is 19.1 Å². The Morgan fingerprint density at radius 3 is 2.47 bits per heavy atom. The first-order valence-corrected chi connectivity index (χ1v) is 10.4. The summed E-state index contributed by atoms with van der Waals surface area (Å²) >= 11 is 0. The predicted molar refractivity (Wildman–Crippen MR) is 109 cm³/mol. The maximum Gasteiger partial charge on any atom is 0.408 e. The minimum atomic E-state index is -4.79. The zero-order valence-electron chi connectivity index (χ0n) is 17.9. The van der Waals surface area contributed by atoms with E-state index in [9.17, 15) is 36.3 Å². The smallest absolute Gasteiger partial charge is 0.325 e. The van der Waals surface area contributed by atoms with Crippen molar-refractivity contribution in [1.82, 2.24) is 15.1 Å². The Hall–Kier alpha value is -3.50. The van der Waals surface area contributed by atoms with Crippen LogP contribution < -0.4 is 5.32 Å². The van der Waals surface area contributed by atoms with Crippen LogP contribution in [0.3, 0.4) is 0 Å². The molecule has 1 spiro atoms. The number of hydrogen-bond acceptors (Lipinski definition) is 3. The number of carbonyl (C=O) groups excluding carboxylic acids is 3. The van der Waals surface area contributed by atoms with Crippen molar-refractivity contribution in [3.8, 4) is 0 Å². The molecule has 1 aliphatic heterocycles. The summed E-state index contributed by atoms with van der Waals surface area (Å²) in [4.78, 5) is 39.8. The Bertz CT molecular complexity index is 1140. The molecule has 0 radical (unpaired) electrons. The molecule has 1 fully saturated rings. The van der Waals surface area contributed by atoms with E-state index >= 15 is 0 Å². The summed E-state index contributed by atoms with van der Waals surface area (Å²) < 4.78 is 68.2. The molecule has 0 bridgehead atoms. The lowest BCUT2D eigenvalue weighted by Gasteiger charge is -2.32. The van der Waals surface area contributed by atoms with Crippen LogP contribution >= 0.6 is 0 Å². The first-order valence-electron chi connectivity index (χ1n) is 10.4. The number of alkyl halides is 4. The van der Waals surface area contributed by atoms with E-state index in [-0.39, 0.29) is 23.1 Å². The third-order valence-corrected chi connectivity index (χ3v) is 6.24. The predicted octanol–water partition coefficient (Wildman–Crippen LogP) is 3.97. The molecule has 4 amide bonds.